The normalized spacial score (nSPS) is 10.1. The standard InChI is InChI=1S/C16H15ClN2O2/c17-13-6-4-12(5-7-13)15(20)8-9-16(21)19-11-14-3-1-2-10-18-14/h1-7,10H,8-9,11H2,(H,19,21). The number of benzene rings is 1. The van der Waals surface area contributed by atoms with Gasteiger partial charge in [0, 0.05) is 29.6 Å². The van der Waals surface area contributed by atoms with Crippen molar-refractivity contribution in [2.75, 3.05) is 0 Å². The zero-order valence-corrected chi connectivity index (χ0v) is 12.1. The molecule has 0 aliphatic rings. The lowest BCUT2D eigenvalue weighted by Crippen LogP contribution is -2.23. The molecular weight excluding hydrogens is 288 g/mol. The molecule has 1 N–H and O–H groups in total. The van der Waals surface area contributed by atoms with E-state index in [0.717, 1.165) is 5.69 Å². The van der Waals surface area contributed by atoms with E-state index in [1.807, 2.05) is 18.2 Å². The molecule has 0 spiro atoms. The van der Waals surface area contributed by atoms with E-state index in [2.05, 4.69) is 10.3 Å². The van der Waals surface area contributed by atoms with Crippen molar-refractivity contribution in [2.24, 2.45) is 0 Å². The number of amides is 1. The second kappa shape index (κ2) is 7.55. The topological polar surface area (TPSA) is 59.1 Å². The van der Waals surface area contributed by atoms with E-state index in [0.29, 0.717) is 17.1 Å². The number of ketones is 1. The van der Waals surface area contributed by atoms with Gasteiger partial charge >= 0.3 is 0 Å². The molecule has 108 valence electrons. The van der Waals surface area contributed by atoms with E-state index in [1.165, 1.54) is 0 Å². The molecule has 1 aromatic carbocycles. The minimum atomic E-state index is -0.164. The van der Waals surface area contributed by atoms with Crippen molar-refractivity contribution in [2.45, 2.75) is 19.4 Å². The van der Waals surface area contributed by atoms with Crippen LogP contribution in [0.15, 0.2) is 48.7 Å². The lowest BCUT2D eigenvalue weighted by molar-refractivity contribution is -0.121. The van der Waals surface area contributed by atoms with Crippen molar-refractivity contribution >= 4 is 23.3 Å². The van der Waals surface area contributed by atoms with Crippen LogP contribution >= 0.6 is 11.6 Å². The van der Waals surface area contributed by atoms with Gasteiger partial charge in [-0.3, -0.25) is 14.6 Å². The molecule has 1 heterocycles. The Balaban J connectivity index is 1.76. The quantitative estimate of drug-likeness (QED) is 0.834. The first-order chi connectivity index (χ1) is 10.1. The van der Waals surface area contributed by atoms with Crippen LogP contribution in [0.2, 0.25) is 5.02 Å². The molecule has 0 atom stereocenters. The highest BCUT2D eigenvalue weighted by molar-refractivity contribution is 6.30. The second-order valence-corrected chi connectivity index (χ2v) is 4.96. The Morgan fingerprint density at radius 3 is 2.48 bits per heavy atom. The Morgan fingerprint density at radius 2 is 1.81 bits per heavy atom. The number of aromatic nitrogens is 1. The van der Waals surface area contributed by atoms with Gasteiger partial charge in [0.2, 0.25) is 5.91 Å². The first-order valence-electron chi connectivity index (χ1n) is 6.60. The van der Waals surface area contributed by atoms with Crippen molar-refractivity contribution in [3.8, 4) is 0 Å². The summed E-state index contributed by atoms with van der Waals surface area (Å²) in [6, 6.07) is 12.2. The molecule has 1 amide bonds. The van der Waals surface area contributed by atoms with Crippen LogP contribution in [0.1, 0.15) is 28.9 Å². The maximum atomic E-state index is 11.9. The molecule has 2 aromatic rings. The number of rotatable bonds is 6. The molecule has 0 fully saturated rings. The Bertz CT molecular complexity index is 612. The van der Waals surface area contributed by atoms with Gasteiger partial charge in [0.05, 0.1) is 12.2 Å². The molecule has 4 nitrogen and oxygen atoms in total. The smallest absolute Gasteiger partial charge is 0.220 e. The minimum Gasteiger partial charge on any atom is -0.350 e. The zero-order valence-electron chi connectivity index (χ0n) is 11.4. The molecule has 21 heavy (non-hydrogen) atoms. The third-order valence-corrected chi connectivity index (χ3v) is 3.19. The molecule has 0 radical (unpaired) electrons. The largest absolute Gasteiger partial charge is 0.350 e. The Hall–Kier alpha value is -2.20. The molecule has 0 aliphatic heterocycles. The van der Waals surface area contributed by atoms with Gasteiger partial charge in [0.15, 0.2) is 5.78 Å². The Morgan fingerprint density at radius 1 is 1.05 bits per heavy atom. The predicted octanol–water partition coefficient (Wildman–Crippen LogP) is 3.01. The van der Waals surface area contributed by atoms with Crippen LogP contribution in [0.25, 0.3) is 0 Å². The number of pyridine rings is 1. The summed E-state index contributed by atoms with van der Waals surface area (Å²) >= 11 is 5.76. The van der Waals surface area contributed by atoms with Crippen molar-refractivity contribution in [1.82, 2.24) is 10.3 Å². The average Bonchev–Trinajstić information content (AvgIpc) is 2.52. The maximum Gasteiger partial charge on any atom is 0.220 e. The molecule has 5 heteroatoms. The Kier molecular flexibility index (Phi) is 5.46. The van der Waals surface area contributed by atoms with Crippen molar-refractivity contribution in [3.05, 3.63) is 64.9 Å². The van der Waals surface area contributed by atoms with Gasteiger partial charge in [0.1, 0.15) is 0 Å². The summed E-state index contributed by atoms with van der Waals surface area (Å²) in [5, 5.41) is 3.32. The van der Waals surface area contributed by atoms with E-state index in [1.54, 1.807) is 30.5 Å². The van der Waals surface area contributed by atoms with Gasteiger partial charge in [-0.15, -0.1) is 0 Å². The van der Waals surface area contributed by atoms with E-state index in [-0.39, 0.29) is 24.5 Å². The van der Waals surface area contributed by atoms with Crippen LogP contribution < -0.4 is 5.32 Å². The van der Waals surface area contributed by atoms with Crippen LogP contribution in [-0.2, 0) is 11.3 Å². The highest BCUT2D eigenvalue weighted by Gasteiger charge is 2.09. The van der Waals surface area contributed by atoms with E-state index < -0.39 is 0 Å². The lowest BCUT2D eigenvalue weighted by Gasteiger charge is -2.04. The first-order valence-corrected chi connectivity index (χ1v) is 6.98. The molecule has 0 bridgehead atoms. The summed E-state index contributed by atoms with van der Waals surface area (Å²) < 4.78 is 0. The van der Waals surface area contributed by atoms with Gasteiger partial charge < -0.3 is 5.32 Å². The Labute approximate surface area is 128 Å². The number of nitrogens with zero attached hydrogens (tertiary/aromatic N) is 1. The third-order valence-electron chi connectivity index (χ3n) is 2.94. The molecule has 0 aliphatic carbocycles. The summed E-state index contributed by atoms with van der Waals surface area (Å²) in [6.07, 6.45) is 2.01. The summed E-state index contributed by atoms with van der Waals surface area (Å²) in [5.74, 6) is -0.234. The molecule has 1 aromatic heterocycles. The fourth-order valence-electron chi connectivity index (χ4n) is 1.79. The van der Waals surface area contributed by atoms with Gasteiger partial charge in [-0.1, -0.05) is 17.7 Å². The van der Waals surface area contributed by atoms with Crippen LogP contribution in [0, 0.1) is 0 Å². The third kappa shape index (κ3) is 5.00. The van der Waals surface area contributed by atoms with Crippen molar-refractivity contribution < 1.29 is 9.59 Å². The fourth-order valence-corrected chi connectivity index (χ4v) is 1.91. The van der Waals surface area contributed by atoms with Gasteiger partial charge in [-0.05, 0) is 36.4 Å². The number of halogens is 1. The number of nitrogens with one attached hydrogen (secondary N) is 1. The van der Waals surface area contributed by atoms with Crippen LogP contribution in [-0.4, -0.2) is 16.7 Å². The van der Waals surface area contributed by atoms with E-state index in [4.69, 9.17) is 11.6 Å². The highest BCUT2D eigenvalue weighted by Crippen LogP contribution is 2.11. The summed E-state index contributed by atoms with van der Waals surface area (Å²) in [7, 11) is 0. The summed E-state index contributed by atoms with van der Waals surface area (Å²) in [6.45, 7) is 0.370. The SMILES string of the molecule is O=C(CCC(=O)c1ccc(Cl)cc1)NCc1ccccn1. The van der Waals surface area contributed by atoms with Crippen LogP contribution in [0.3, 0.4) is 0 Å². The van der Waals surface area contributed by atoms with Gasteiger partial charge in [0.25, 0.3) is 0 Å². The number of carbonyl (C=O) groups is 2. The maximum absolute atomic E-state index is 11.9. The van der Waals surface area contributed by atoms with Crippen LogP contribution in [0.4, 0.5) is 0 Å². The molecule has 0 saturated carbocycles. The summed E-state index contributed by atoms with van der Waals surface area (Å²) in [5.41, 5.74) is 1.35. The second-order valence-electron chi connectivity index (χ2n) is 4.53. The van der Waals surface area contributed by atoms with E-state index in [9.17, 15) is 9.59 Å². The summed E-state index contributed by atoms with van der Waals surface area (Å²) in [4.78, 5) is 27.7. The average molecular weight is 303 g/mol. The van der Waals surface area contributed by atoms with Crippen LogP contribution in [0.5, 0.6) is 0 Å². The van der Waals surface area contributed by atoms with E-state index >= 15 is 0 Å². The minimum absolute atomic E-state index is 0.0698. The molecule has 0 unspecified atom stereocenters. The zero-order chi connectivity index (χ0) is 15.1. The van der Waals surface area contributed by atoms with Crippen molar-refractivity contribution in [3.63, 3.8) is 0 Å². The first kappa shape index (κ1) is 15.2. The number of carbonyl (C=O) groups excluding carboxylic acids is 2. The number of hydrogen-bond donors (Lipinski definition) is 1. The predicted molar refractivity (Wildman–Crippen MR) is 81.1 cm³/mol. The van der Waals surface area contributed by atoms with Gasteiger partial charge in [-0.2, -0.15) is 0 Å². The molecular formula is C16H15ClN2O2. The van der Waals surface area contributed by atoms with Crippen molar-refractivity contribution in [1.29, 1.82) is 0 Å². The fraction of sp³-hybridized carbons (Fsp3) is 0.188. The van der Waals surface area contributed by atoms with Gasteiger partial charge in [-0.25, -0.2) is 0 Å². The highest BCUT2D eigenvalue weighted by atomic mass is 35.5. The molecule has 0 saturated heterocycles. The lowest BCUT2D eigenvalue weighted by atomic mass is 10.1. The number of Topliss-reactive ketones (excluding diaryl/α,β-unsaturated/α-hetero) is 1. The monoisotopic (exact) mass is 302 g/mol. The number of hydrogen-bond acceptors (Lipinski definition) is 3. The molecule has 2 rings (SSSR count).